The smallest absolute Gasteiger partial charge is 0.338 e. The van der Waals surface area contributed by atoms with E-state index in [9.17, 15) is 9.59 Å². The number of hydrogen-bond acceptors (Lipinski definition) is 4. The van der Waals surface area contributed by atoms with E-state index >= 15 is 0 Å². The summed E-state index contributed by atoms with van der Waals surface area (Å²) in [6, 6.07) is 10.3. The van der Waals surface area contributed by atoms with Gasteiger partial charge in [0, 0.05) is 28.9 Å². The molecule has 0 saturated heterocycles. The molecule has 0 bridgehead atoms. The molecule has 3 aromatic rings. The Hall–Kier alpha value is -2.66. The number of fused-ring (bicyclic) bond motifs is 1. The highest BCUT2D eigenvalue weighted by Crippen LogP contribution is 2.19. The van der Waals surface area contributed by atoms with Crippen molar-refractivity contribution in [2.24, 2.45) is 0 Å². The first-order valence-electron chi connectivity index (χ1n) is 8.34. The summed E-state index contributed by atoms with van der Waals surface area (Å²) in [7, 11) is 0. The molecule has 0 aliphatic rings. The monoisotopic (exact) mass is 370 g/mol. The molecule has 0 radical (unpaired) electrons. The van der Waals surface area contributed by atoms with Crippen LogP contribution in [-0.4, -0.2) is 27.9 Å². The number of hydrogen-bond donors (Lipinski definition) is 0. The molecule has 0 N–H and O–H groups in total. The SMILES string of the molecule is CCn1c(C)cc(C(=O)COC(=O)c2ccc3nc(Cl)ccc3c2)c1C. The van der Waals surface area contributed by atoms with Crippen molar-refractivity contribution < 1.29 is 14.3 Å². The Balaban J connectivity index is 1.72. The lowest BCUT2D eigenvalue weighted by atomic mass is 10.1. The molecule has 2 heterocycles. The Labute approximate surface area is 156 Å². The number of Topliss-reactive ketones (excluding diaryl/α,β-unsaturated/α-hetero) is 1. The molecule has 0 aliphatic carbocycles. The maximum Gasteiger partial charge on any atom is 0.338 e. The van der Waals surface area contributed by atoms with Crippen LogP contribution in [0.25, 0.3) is 10.9 Å². The maximum atomic E-state index is 12.4. The molecule has 2 aromatic heterocycles. The van der Waals surface area contributed by atoms with Crippen molar-refractivity contribution in [2.45, 2.75) is 27.3 Å². The Morgan fingerprint density at radius 1 is 1.15 bits per heavy atom. The van der Waals surface area contributed by atoms with Crippen LogP contribution in [0.2, 0.25) is 5.15 Å². The predicted molar refractivity (Wildman–Crippen MR) is 101 cm³/mol. The van der Waals surface area contributed by atoms with Crippen LogP contribution in [0, 0.1) is 13.8 Å². The number of aryl methyl sites for hydroxylation is 1. The van der Waals surface area contributed by atoms with Gasteiger partial charge in [0.1, 0.15) is 5.15 Å². The number of ether oxygens (including phenoxy) is 1. The van der Waals surface area contributed by atoms with E-state index in [-0.39, 0.29) is 12.4 Å². The molecule has 0 spiro atoms. The normalized spacial score (nSPS) is 10.9. The summed E-state index contributed by atoms with van der Waals surface area (Å²) in [5, 5.41) is 1.17. The molecule has 1 aromatic carbocycles. The van der Waals surface area contributed by atoms with E-state index in [2.05, 4.69) is 9.55 Å². The number of rotatable bonds is 5. The number of carbonyl (C=O) groups is 2. The van der Waals surface area contributed by atoms with Crippen LogP contribution < -0.4 is 0 Å². The second kappa shape index (κ2) is 7.30. The number of halogens is 1. The molecule has 0 amide bonds. The third-order valence-corrected chi connectivity index (χ3v) is 4.63. The number of pyridine rings is 1. The van der Waals surface area contributed by atoms with E-state index in [1.807, 2.05) is 26.8 Å². The zero-order valence-electron chi connectivity index (χ0n) is 14.9. The molecule has 134 valence electrons. The summed E-state index contributed by atoms with van der Waals surface area (Å²) in [6.45, 7) is 6.38. The molecular weight excluding hydrogens is 352 g/mol. The second-order valence-electron chi connectivity index (χ2n) is 6.07. The average molecular weight is 371 g/mol. The minimum absolute atomic E-state index is 0.208. The maximum absolute atomic E-state index is 12.4. The molecule has 26 heavy (non-hydrogen) atoms. The summed E-state index contributed by atoms with van der Waals surface area (Å²) in [5.41, 5.74) is 3.56. The minimum Gasteiger partial charge on any atom is -0.454 e. The lowest BCUT2D eigenvalue weighted by molar-refractivity contribution is 0.0474. The van der Waals surface area contributed by atoms with Gasteiger partial charge in [0.25, 0.3) is 0 Å². The van der Waals surface area contributed by atoms with Crippen LogP contribution >= 0.6 is 11.6 Å². The molecule has 0 unspecified atom stereocenters. The summed E-state index contributed by atoms with van der Waals surface area (Å²) in [5.74, 6) is -0.750. The Bertz CT molecular complexity index is 1010. The average Bonchev–Trinajstić information content (AvgIpc) is 2.92. The van der Waals surface area contributed by atoms with Crippen molar-refractivity contribution in [3.8, 4) is 0 Å². The number of benzene rings is 1. The van der Waals surface area contributed by atoms with Gasteiger partial charge in [-0.1, -0.05) is 11.6 Å². The zero-order valence-corrected chi connectivity index (χ0v) is 15.6. The number of ketones is 1. The molecule has 5 nitrogen and oxygen atoms in total. The molecule has 6 heteroatoms. The van der Waals surface area contributed by atoms with Crippen molar-refractivity contribution in [1.82, 2.24) is 9.55 Å². The van der Waals surface area contributed by atoms with Crippen molar-refractivity contribution in [2.75, 3.05) is 6.61 Å². The van der Waals surface area contributed by atoms with Crippen LogP contribution in [0.5, 0.6) is 0 Å². The molecule has 3 rings (SSSR count). The molecular formula is C20H19ClN2O3. The summed E-state index contributed by atoms with van der Waals surface area (Å²) < 4.78 is 7.26. The van der Waals surface area contributed by atoms with E-state index in [1.54, 1.807) is 30.3 Å². The van der Waals surface area contributed by atoms with Crippen LogP contribution in [0.3, 0.4) is 0 Å². The Morgan fingerprint density at radius 2 is 1.92 bits per heavy atom. The number of esters is 1. The van der Waals surface area contributed by atoms with Gasteiger partial charge >= 0.3 is 5.97 Å². The zero-order chi connectivity index (χ0) is 18.8. The fourth-order valence-electron chi connectivity index (χ4n) is 3.09. The van der Waals surface area contributed by atoms with Gasteiger partial charge in [-0.2, -0.15) is 0 Å². The van der Waals surface area contributed by atoms with Gasteiger partial charge in [-0.3, -0.25) is 4.79 Å². The number of aromatic nitrogens is 2. The van der Waals surface area contributed by atoms with E-state index in [1.165, 1.54) is 0 Å². The highest BCUT2D eigenvalue weighted by atomic mass is 35.5. The standard InChI is InChI=1S/C20H19ClN2O3/c1-4-23-12(2)9-16(13(23)3)18(24)11-26-20(25)15-5-7-17-14(10-15)6-8-19(21)22-17/h5-10H,4,11H2,1-3H3. The summed E-state index contributed by atoms with van der Waals surface area (Å²) >= 11 is 5.86. The van der Waals surface area contributed by atoms with Crippen molar-refractivity contribution in [3.05, 3.63) is 64.1 Å². The van der Waals surface area contributed by atoms with Crippen LogP contribution in [0.4, 0.5) is 0 Å². The van der Waals surface area contributed by atoms with Crippen molar-refractivity contribution in [3.63, 3.8) is 0 Å². The predicted octanol–water partition coefficient (Wildman–Crippen LogP) is 4.37. The Kier molecular flexibility index (Phi) is 5.09. The first kappa shape index (κ1) is 18.1. The molecule has 0 aliphatic heterocycles. The highest BCUT2D eigenvalue weighted by Gasteiger charge is 2.17. The van der Waals surface area contributed by atoms with Gasteiger partial charge in [-0.05, 0) is 57.2 Å². The summed E-state index contributed by atoms with van der Waals surface area (Å²) in [4.78, 5) is 28.9. The van der Waals surface area contributed by atoms with Crippen molar-refractivity contribution in [1.29, 1.82) is 0 Å². The number of nitrogens with zero attached hydrogens (tertiary/aromatic N) is 2. The lowest BCUT2D eigenvalue weighted by Crippen LogP contribution is -2.15. The van der Waals surface area contributed by atoms with Gasteiger partial charge in [0.05, 0.1) is 11.1 Å². The topological polar surface area (TPSA) is 61.2 Å². The summed E-state index contributed by atoms with van der Waals surface area (Å²) in [6.07, 6.45) is 0. The van der Waals surface area contributed by atoms with Gasteiger partial charge in [0.15, 0.2) is 6.61 Å². The van der Waals surface area contributed by atoms with Crippen molar-refractivity contribution >= 4 is 34.3 Å². The largest absolute Gasteiger partial charge is 0.454 e. The molecule has 0 saturated carbocycles. The van der Waals surface area contributed by atoms with E-state index in [4.69, 9.17) is 16.3 Å². The van der Waals surface area contributed by atoms with Crippen LogP contribution in [0.1, 0.15) is 39.0 Å². The Morgan fingerprint density at radius 3 is 2.62 bits per heavy atom. The van der Waals surface area contributed by atoms with Crippen LogP contribution in [0.15, 0.2) is 36.4 Å². The first-order valence-corrected chi connectivity index (χ1v) is 8.72. The lowest BCUT2D eigenvalue weighted by Gasteiger charge is -2.07. The van der Waals surface area contributed by atoms with E-state index in [0.29, 0.717) is 21.8 Å². The van der Waals surface area contributed by atoms with Crippen LogP contribution in [-0.2, 0) is 11.3 Å². The molecule has 0 atom stereocenters. The fourth-order valence-corrected chi connectivity index (χ4v) is 3.24. The second-order valence-corrected chi connectivity index (χ2v) is 6.46. The molecule has 0 fully saturated rings. The van der Waals surface area contributed by atoms with E-state index in [0.717, 1.165) is 23.3 Å². The van der Waals surface area contributed by atoms with Gasteiger partial charge in [-0.15, -0.1) is 0 Å². The quantitative estimate of drug-likeness (QED) is 0.380. The first-order chi connectivity index (χ1) is 12.4. The third-order valence-electron chi connectivity index (χ3n) is 4.42. The minimum atomic E-state index is -0.542. The van der Waals surface area contributed by atoms with Gasteiger partial charge in [0.2, 0.25) is 5.78 Å². The van der Waals surface area contributed by atoms with Gasteiger partial charge in [-0.25, -0.2) is 9.78 Å². The fraction of sp³-hybridized carbons (Fsp3) is 0.250. The van der Waals surface area contributed by atoms with Gasteiger partial charge < -0.3 is 9.30 Å². The highest BCUT2D eigenvalue weighted by molar-refractivity contribution is 6.29. The van der Waals surface area contributed by atoms with E-state index < -0.39 is 5.97 Å². The number of carbonyl (C=O) groups excluding carboxylic acids is 2. The third kappa shape index (κ3) is 3.48.